The maximum absolute atomic E-state index is 5.94. The van der Waals surface area contributed by atoms with Gasteiger partial charge in [-0.2, -0.15) is 5.10 Å². The van der Waals surface area contributed by atoms with E-state index in [0.29, 0.717) is 12.6 Å². The van der Waals surface area contributed by atoms with Crippen LogP contribution in [0, 0.1) is 6.92 Å². The fraction of sp³-hybridized carbons (Fsp3) is 0.471. The lowest BCUT2D eigenvalue weighted by atomic mass is 10.1. The highest BCUT2D eigenvalue weighted by Crippen LogP contribution is 2.21. The summed E-state index contributed by atoms with van der Waals surface area (Å²) in [5.41, 5.74) is 3.39. The Morgan fingerprint density at radius 3 is 2.86 bits per heavy atom. The number of nitrogens with zero attached hydrogens (tertiary/aromatic N) is 2. The van der Waals surface area contributed by atoms with Crippen LogP contribution in [0.15, 0.2) is 30.5 Å². The second-order valence-corrected chi connectivity index (χ2v) is 5.47. The molecule has 21 heavy (non-hydrogen) atoms. The first-order valence-electron chi connectivity index (χ1n) is 7.55. The number of rotatable bonds is 7. The Morgan fingerprint density at radius 2 is 2.14 bits per heavy atom. The van der Waals surface area contributed by atoms with Crippen LogP contribution in [0.2, 0.25) is 0 Å². The van der Waals surface area contributed by atoms with Crippen LogP contribution < -0.4 is 10.1 Å². The fourth-order valence-electron chi connectivity index (χ4n) is 2.22. The van der Waals surface area contributed by atoms with Crippen molar-refractivity contribution < 1.29 is 4.74 Å². The van der Waals surface area contributed by atoms with E-state index in [4.69, 9.17) is 4.74 Å². The van der Waals surface area contributed by atoms with E-state index in [-0.39, 0.29) is 0 Å². The van der Waals surface area contributed by atoms with Gasteiger partial charge in [0.05, 0.1) is 5.69 Å². The number of nitrogens with one attached hydrogen (secondary N) is 1. The molecule has 0 saturated heterocycles. The van der Waals surface area contributed by atoms with Gasteiger partial charge in [0.25, 0.3) is 0 Å². The van der Waals surface area contributed by atoms with E-state index in [2.05, 4.69) is 43.3 Å². The van der Waals surface area contributed by atoms with Crippen molar-refractivity contribution in [2.45, 2.75) is 46.4 Å². The summed E-state index contributed by atoms with van der Waals surface area (Å²) in [6.07, 6.45) is 3.10. The summed E-state index contributed by atoms with van der Waals surface area (Å²) in [7, 11) is 1.94. The average Bonchev–Trinajstić information content (AvgIpc) is 2.95. The predicted molar refractivity (Wildman–Crippen MR) is 85.5 cm³/mol. The van der Waals surface area contributed by atoms with Crippen LogP contribution in [0.1, 0.15) is 43.1 Å². The Kier molecular flexibility index (Phi) is 5.39. The van der Waals surface area contributed by atoms with Crippen molar-refractivity contribution in [1.29, 1.82) is 0 Å². The van der Waals surface area contributed by atoms with Crippen LogP contribution in [0.25, 0.3) is 0 Å². The molecular weight excluding hydrogens is 262 g/mol. The second kappa shape index (κ2) is 7.27. The molecular formula is C17H25N3O. The van der Waals surface area contributed by atoms with E-state index in [1.165, 1.54) is 11.1 Å². The highest BCUT2D eigenvalue weighted by molar-refractivity contribution is 5.36. The third kappa shape index (κ3) is 4.08. The summed E-state index contributed by atoms with van der Waals surface area (Å²) in [5, 5.41) is 7.74. The highest BCUT2D eigenvalue weighted by Gasteiger charge is 2.07. The summed E-state index contributed by atoms with van der Waals surface area (Å²) < 4.78 is 7.94. The van der Waals surface area contributed by atoms with Crippen molar-refractivity contribution >= 4 is 0 Å². The standard InChI is InChI=1S/C17H25N3O/c1-5-14(3)20-9-8-16(19-20)12-21-17-7-6-13(2)10-15(17)11-18-4/h6-10,14,18H,5,11-12H2,1-4H3. The fourth-order valence-corrected chi connectivity index (χ4v) is 2.22. The van der Waals surface area contributed by atoms with Gasteiger partial charge in [-0.1, -0.05) is 24.6 Å². The zero-order chi connectivity index (χ0) is 15.2. The van der Waals surface area contributed by atoms with Gasteiger partial charge in [0.1, 0.15) is 12.4 Å². The van der Waals surface area contributed by atoms with E-state index < -0.39 is 0 Å². The van der Waals surface area contributed by atoms with Gasteiger partial charge in [0, 0.05) is 24.3 Å². The van der Waals surface area contributed by atoms with Crippen molar-refractivity contribution in [3.63, 3.8) is 0 Å². The summed E-state index contributed by atoms with van der Waals surface area (Å²) >= 11 is 0. The van der Waals surface area contributed by atoms with Gasteiger partial charge in [-0.05, 0) is 39.4 Å². The van der Waals surface area contributed by atoms with E-state index in [1.54, 1.807) is 0 Å². The lowest BCUT2D eigenvalue weighted by Crippen LogP contribution is -2.09. The molecule has 2 aromatic rings. The Balaban J connectivity index is 2.04. The Hall–Kier alpha value is -1.81. The molecule has 0 saturated carbocycles. The predicted octanol–water partition coefficient (Wildman–Crippen LogP) is 3.46. The van der Waals surface area contributed by atoms with Gasteiger partial charge in [0.15, 0.2) is 0 Å². The first-order chi connectivity index (χ1) is 10.1. The van der Waals surface area contributed by atoms with Crippen LogP contribution in [0.3, 0.4) is 0 Å². The number of benzene rings is 1. The Bertz CT molecular complexity index is 577. The molecule has 1 N–H and O–H groups in total. The number of aryl methyl sites for hydroxylation is 1. The largest absolute Gasteiger partial charge is 0.487 e. The first kappa shape index (κ1) is 15.6. The molecule has 0 aliphatic rings. The molecule has 4 heteroatoms. The van der Waals surface area contributed by atoms with Crippen molar-refractivity contribution in [1.82, 2.24) is 15.1 Å². The topological polar surface area (TPSA) is 39.1 Å². The van der Waals surface area contributed by atoms with Crippen LogP contribution in [0.5, 0.6) is 5.75 Å². The molecule has 0 amide bonds. The number of hydrogen-bond acceptors (Lipinski definition) is 3. The monoisotopic (exact) mass is 287 g/mol. The van der Waals surface area contributed by atoms with Crippen molar-refractivity contribution in [2.24, 2.45) is 0 Å². The molecule has 1 unspecified atom stereocenters. The Morgan fingerprint density at radius 1 is 1.33 bits per heavy atom. The molecule has 0 spiro atoms. The molecule has 1 aromatic carbocycles. The van der Waals surface area contributed by atoms with Crippen molar-refractivity contribution in [2.75, 3.05) is 7.05 Å². The van der Waals surface area contributed by atoms with Crippen LogP contribution in [-0.2, 0) is 13.2 Å². The molecule has 2 rings (SSSR count). The number of hydrogen-bond donors (Lipinski definition) is 1. The van der Waals surface area contributed by atoms with Gasteiger partial charge >= 0.3 is 0 Å². The Labute approximate surface area is 127 Å². The number of aromatic nitrogens is 2. The average molecular weight is 287 g/mol. The SMILES string of the molecule is CCC(C)n1ccc(COc2ccc(C)cc2CNC)n1. The maximum atomic E-state index is 5.94. The smallest absolute Gasteiger partial charge is 0.132 e. The highest BCUT2D eigenvalue weighted by atomic mass is 16.5. The quantitative estimate of drug-likeness (QED) is 0.847. The molecule has 1 aromatic heterocycles. The van der Waals surface area contributed by atoms with Crippen LogP contribution >= 0.6 is 0 Å². The van der Waals surface area contributed by atoms with Gasteiger partial charge in [-0.25, -0.2) is 0 Å². The molecule has 114 valence electrons. The summed E-state index contributed by atoms with van der Waals surface area (Å²) in [6, 6.07) is 8.72. The minimum Gasteiger partial charge on any atom is -0.487 e. The molecule has 0 fully saturated rings. The molecule has 0 aliphatic carbocycles. The van der Waals surface area contributed by atoms with E-state index in [0.717, 1.165) is 24.4 Å². The second-order valence-electron chi connectivity index (χ2n) is 5.47. The normalized spacial score (nSPS) is 12.4. The lowest BCUT2D eigenvalue weighted by Gasteiger charge is -2.12. The summed E-state index contributed by atoms with van der Waals surface area (Å²) in [5.74, 6) is 0.924. The van der Waals surface area contributed by atoms with Gasteiger partial charge < -0.3 is 10.1 Å². The summed E-state index contributed by atoms with van der Waals surface area (Å²) in [4.78, 5) is 0. The molecule has 0 aliphatic heterocycles. The minimum absolute atomic E-state index is 0.429. The minimum atomic E-state index is 0.429. The molecule has 0 radical (unpaired) electrons. The number of ether oxygens (including phenoxy) is 1. The first-order valence-corrected chi connectivity index (χ1v) is 7.55. The van der Waals surface area contributed by atoms with Crippen LogP contribution in [-0.4, -0.2) is 16.8 Å². The molecule has 0 bridgehead atoms. The third-order valence-electron chi connectivity index (χ3n) is 3.66. The summed E-state index contributed by atoms with van der Waals surface area (Å²) in [6.45, 7) is 7.74. The van der Waals surface area contributed by atoms with Crippen LogP contribution in [0.4, 0.5) is 0 Å². The zero-order valence-electron chi connectivity index (χ0n) is 13.4. The van der Waals surface area contributed by atoms with Gasteiger partial charge in [-0.15, -0.1) is 0 Å². The lowest BCUT2D eigenvalue weighted by molar-refractivity contribution is 0.294. The van der Waals surface area contributed by atoms with E-state index >= 15 is 0 Å². The molecule has 1 atom stereocenters. The van der Waals surface area contributed by atoms with E-state index in [9.17, 15) is 0 Å². The zero-order valence-corrected chi connectivity index (χ0v) is 13.4. The molecule has 4 nitrogen and oxygen atoms in total. The third-order valence-corrected chi connectivity index (χ3v) is 3.66. The van der Waals surface area contributed by atoms with Crippen molar-refractivity contribution in [3.05, 3.63) is 47.3 Å². The van der Waals surface area contributed by atoms with Crippen molar-refractivity contribution in [3.8, 4) is 5.75 Å². The van der Waals surface area contributed by atoms with Gasteiger partial charge in [-0.3, -0.25) is 4.68 Å². The van der Waals surface area contributed by atoms with E-state index in [1.807, 2.05) is 30.1 Å². The maximum Gasteiger partial charge on any atom is 0.132 e. The molecule has 1 heterocycles. The van der Waals surface area contributed by atoms with Gasteiger partial charge in [0.2, 0.25) is 0 Å².